The number of aliphatic hydroxyl groups excluding tert-OH is 1. The van der Waals surface area contributed by atoms with E-state index in [2.05, 4.69) is 26.8 Å². The summed E-state index contributed by atoms with van der Waals surface area (Å²) in [6.45, 7) is 4.35. The summed E-state index contributed by atoms with van der Waals surface area (Å²) < 4.78 is 11.1. The first-order chi connectivity index (χ1) is 16.3. The number of hydrogen-bond donors (Lipinski definition) is 1. The Kier molecular flexibility index (Phi) is 8.51. The second kappa shape index (κ2) is 11.5. The lowest BCUT2D eigenvalue weighted by Gasteiger charge is -2.37. The number of hydrogen-bond acceptors (Lipinski definition) is 8. The smallest absolute Gasteiger partial charge is 0.273 e. The first-order valence-electron chi connectivity index (χ1n) is 10.9. The molecule has 10 nitrogen and oxygen atoms in total. The van der Waals surface area contributed by atoms with E-state index in [1.165, 1.54) is 29.7 Å². The standard InChI is InChI=1S/C24H29N5O5/c1-16-13-29(17(2)15-30)23(31)19-10-18(6-5-9-33-4)11-27-22(19)34-21(16)14-28(3)24(32)20-12-25-7-8-26-20/h7-8,10-12,16-17,21,30H,9,13-15H2,1-4H3/t16-,17-,21+/m1/s1. The van der Waals surface area contributed by atoms with Crippen molar-refractivity contribution in [2.75, 3.05) is 40.5 Å². The molecule has 180 valence electrons. The maximum Gasteiger partial charge on any atom is 0.273 e. The van der Waals surface area contributed by atoms with Crippen LogP contribution in [-0.2, 0) is 4.74 Å². The van der Waals surface area contributed by atoms with Crippen molar-refractivity contribution in [3.8, 4) is 17.7 Å². The van der Waals surface area contributed by atoms with Crippen LogP contribution in [0, 0.1) is 17.8 Å². The largest absolute Gasteiger partial charge is 0.472 e. The normalized spacial score (nSPS) is 18.5. The number of aromatic nitrogens is 3. The zero-order valence-electron chi connectivity index (χ0n) is 19.8. The fourth-order valence-corrected chi connectivity index (χ4v) is 3.56. The summed E-state index contributed by atoms with van der Waals surface area (Å²) in [5.41, 5.74) is 1.03. The van der Waals surface area contributed by atoms with E-state index < -0.39 is 12.1 Å². The highest BCUT2D eigenvalue weighted by Crippen LogP contribution is 2.27. The van der Waals surface area contributed by atoms with Gasteiger partial charge in [-0.15, -0.1) is 0 Å². The third-order valence-electron chi connectivity index (χ3n) is 5.55. The minimum atomic E-state index is -0.469. The Morgan fingerprint density at radius 2 is 2.18 bits per heavy atom. The van der Waals surface area contributed by atoms with Gasteiger partial charge in [-0.25, -0.2) is 9.97 Å². The van der Waals surface area contributed by atoms with E-state index in [1.807, 2.05) is 6.92 Å². The van der Waals surface area contributed by atoms with Crippen molar-refractivity contribution in [1.82, 2.24) is 24.8 Å². The van der Waals surface area contributed by atoms with Gasteiger partial charge in [-0.2, -0.15) is 0 Å². The Hall–Kier alpha value is -3.55. The summed E-state index contributed by atoms with van der Waals surface area (Å²) in [7, 11) is 3.21. The van der Waals surface area contributed by atoms with Crippen LogP contribution in [0.15, 0.2) is 30.9 Å². The fraction of sp³-hybridized carbons (Fsp3) is 0.458. The van der Waals surface area contributed by atoms with E-state index in [9.17, 15) is 14.7 Å². The molecule has 34 heavy (non-hydrogen) atoms. The number of carbonyl (C=O) groups is 2. The Morgan fingerprint density at radius 3 is 2.85 bits per heavy atom. The lowest BCUT2D eigenvalue weighted by Crippen LogP contribution is -2.50. The third-order valence-corrected chi connectivity index (χ3v) is 5.55. The van der Waals surface area contributed by atoms with Gasteiger partial charge in [0.25, 0.3) is 11.8 Å². The number of fused-ring (bicyclic) bond motifs is 1. The highest BCUT2D eigenvalue weighted by Gasteiger charge is 2.34. The summed E-state index contributed by atoms with van der Waals surface area (Å²) in [4.78, 5) is 41.7. The first kappa shape index (κ1) is 25.1. The topological polar surface area (TPSA) is 118 Å². The van der Waals surface area contributed by atoms with Crippen LogP contribution in [0.1, 0.15) is 40.3 Å². The number of rotatable bonds is 6. The molecule has 2 aromatic heterocycles. The van der Waals surface area contributed by atoms with Crippen molar-refractivity contribution >= 4 is 11.8 Å². The number of ether oxygens (including phenoxy) is 2. The molecule has 0 fully saturated rings. The van der Waals surface area contributed by atoms with Gasteiger partial charge in [0.1, 0.15) is 24.0 Å². The third kappa shape index (κ3) is 5.87. The van der Waals surface area contributed by atoms with Gasteiger partial charge >= 0.3 is 0 Å². The van der Waals surface area contributed by atoms with E-state index in [1.54, 1.807) is 32.0 Å². The second-order valence-corrected chi connectivity index (χ2v) is 8.21. The molecule has 0 radical (unpaired) electrons. The summed E-state index contributed by atoms with van der Waals surface area (Å²) in [6, 6.07) is 1.22. The van der Waals surface area contributed by atoms with Crippen molar-refractivity contribution < 1.29 is 24.2 Å². The van der Waals surface area contributed by atoms with Gasteiger partial charge in [0.15, 0.2) is 0 Å². The minimum Gasteiger partial charge on any atom is -0.472 e. The molecule has 0 saturated carbocycles. The molecule has 0 unspecified atom stereocenters. The van der Waals surface area contributed by atoms with E-state index in [4.69, 9.17) is 9.47 Å². The molecular formula is C24H29N5O5. The van der Waals surface area contributed by atoms with Gasteiger partial charge in [0, 0.05) is 50.8 Å². The molecule has 0 aliphatic carbocycles. The van der Waals surface area contributed by atoms with Crippen molar-refractivity contribution in [2.24, 2.45) is 5.92 Å². The van der Waals surface area contributed by atoms with Crippen LogP contribution < -0.4 is 4.74 Å². The Balaban J connectivity index is 1.93. The van der Waals surface area contributed by atoms with Crippen LogP contribution >= 0.6 is 0 Å². The predicted octanol–water partition coefficient (Wildman–Crippen LogP) is 0.862. The van der Waals surface area contributed by atoms with E-state index in [0.29, 0.717) is 12.1 Å². The summed E-state index contributed by atoms with van der Waals surface area (Å²) in [6.07, 6.45) is 5.44. The zero-order chi connectivity index (χ0) is 24.7. The molecule has 0 bridgehead atoms. The summed E-state index contributed by atoms with van der Waals surface area (Å²) in [5, 5.41) is 9.77. The molecule has 2 aromatic rings. The number of aliphatic hydroxyl groups is 1. The molecule has 1 aliphatic heterocycles. The van der Waals surface area contributed by atoms with Gasteiger partial charge in [0.05, 0.1) is 25.4 Å². The molecule has 3 atom stereocenters. The van der Waals surface area contributed by atoms with E-state index in [0.717, 1.165) is 0 Å². The lowest BCUT2D eigenvalue weighted by atomic mass is 10.00. The second-order valence-electron chi connectivity index (χ2n) is 8.21. The zero-order valence-corrected chi connectivity index (χ0v) is 19.8. The summed E-state index contributed by atoms with van der Waals surface area (Å²) >= 11 is 0. The molecule has 3 rings (SSSR count). The van der Waals surface area contributed by atoms with Gasteiger partial charge in [-0.1, -0.05) is 18.8 Å². The molecule has 3 heterocycles. The number of carbonyl (C=O) groups excluding carboxylic acids is 2. The monoisotopic (exact) mass is 467 g/mol. The predicted molar refractivity (Wildman–Crippen MR) is 123 cm³/mol. The lowest BCUT2D eigenvalue weighted by molar-refractivity contribution is 0.0312. The van der Waals surface area contributed by atoms with Gasteiger partial charge < -0.3 is 24.4 Å². The fourth-order valence-electron chi connectivity index (χ4n) is 3.56. The molecule has 0 aromatic carbocycles. The van der Waals surface area contributed by atoms with Gasteiger partial charge in [0.2, 0.25) is 5.88 Å². The Bertz CT molecular complexity index is 1070. The average Bonchev–Trinajstić information content (AvgIpc) is 2.86. The quantitative estimate of drug-likeness (QED) is 0.622. The number of pyridine rings is 1. The number of nitrogens with zero attached hydrogens (tertiary/aromatic N) is 5. The van der Waals surface area contributed by atoms with Crippen molar-refractivity contribution in [3.63, 3.8) is 0 Å². The number of amides is 2. The molecule has 0 spiro atoms. The molecule has 1 N–H and O–H groups in total. The minimum absolute atomic E-state index is 0.161. The Morgan fingerprint density at radius 1 is 1.38 bits per heavy atom. The van der Waals surface area contributed by atoms with E-state index in [-0.39, 0.29) is 54.6 Å². The van der Waals surface area contributed by atoms with Gasteiger partial charge in [-0.05, 0) is 13.0 Å². The van der Waals surface area contributed by atoms with Gasteiger partial charge in [-0.3, -0.25) is 14.6 Å². The van der Waals surface area contributed by atoms with Crippen LogP contribution in [-0.4, -0.2) is 94.3 Å². The van der Waals surface area contributed by atoms with Crippen LogP contribution in [0.25, 0.3) is 0 Å². The maximum absolute atomic E-state index is 13.4. The van der Waals surface area contributed by atoms with E-state index >= 15 is 0 Å². The highest BCUT2D eigenvalue weighted by atomic mass is 16.5. The average molecular weight is 468 g/mol. The molecule has 10 heteroatoms. The number of likely N-dealkylation sites (N-methyl/N-ethyl adjacent to an activating group) is 1. The van der Waals surface area contributed by atoms with Crippen molar-refractivity contribution in [3.05, 3.63) is 47.7 Å². The maximum atomic E-state index is 13.4. The SMILES string of the molecule is COCC#Cc1cnc2c(c1)C(=O)N([C@H](C)CO)C[C@@H](C)[C@H](CN(C)C(=O)c1cnccn1)O2. The molecule has 1 aliphatic rings. The molecule has 0 saturated heterocycles. The van der Waals surface area contributed by atoms with Crippen LogP contribution in [0.5, 0.6) is 5.88 Å². The number of methoxy groups -OCH3 is 1. The van der Waals surface area contributed by atoms with Crippen LogP contribution in [0.3, 0.4) is 0 Å². The Labute approximate surface area is 198 Å². The molecular weight excluding hydrogens is 438 g/mol. The highest BCUT2D eigenvalue weighted by molar-refractivity contribution is 5.97. The summed E-state index contributed by atoms with van der Waals surface area (Å²) in [5.74, 6) is 5.17. The molecule has 2 amide bonds. The van der Waals surface area contributed by atoms with Crippen molar-refractivity contribution in [1.29, 1.82) is 0 Å². The first-order valence-corrected chi connectivity index (χ1v) is 10.9. The van der Waals surface area contributed by atoms with Crippen LogP contribution in [0.4, 0.5) is 0 Å². The van der Waals surface area contributed by atoms with Crippen molar-refractivity contribution in [2.45, 2.75) is 26.0 Å². The van der Waals surface area contributed by atoms with Crippen LogP contribution in [0.2, 0.25) is 0 Å².